The topological polar surface area (TPSA) is 55.1 Å². The lowest BCUT2D eigenvalue weighted by molar-refractivity contribution is -0.0511. The van der Waals surface area contributed by atoms with Crippen LogP contribution in [-0.4, -0.2) is 18.7 Å². The lowest BCUT2D eigenvalue weighted by atomic mass is 10.1. The number of nitriles is 1. The molecule has 0 aliphatic rings. The van der Waals surface area contributed by atoms with Crippen molar-refractivity contribution in [3.05, 3.63) is 52.8 Å². The van der Waals surface area contributed by atoms with E-state index in [0.29, 0.717) is 16.8 Å². The van der Waals surface area contributed by atoms with Crippen LogP contribution in [0.2, 0.25) is 5.02 Å². The van der Waals surface area contributed by atoms with E-state index in [9.17, 15) is 14.0 Å². The maximum atomic E-state index is 12.4. The number of aromatic nitrogens is 1. The van der Waals surface area contributed by atoms with Crippen LogP contribution in [0, 0.1) is 11.3 Å². The van der Waals surface area contributed by atoms with Gasteiger partial charge in [-0.3, -0.25) is 4.98 Å². The fraction of sp³-hybridized carbons (Fsp3) is 0.125. The van der Waals surface area contributed by atoms with Crippen molar-refractivity contribution >= 4 is 23.3 Å². The smallest absolute Gasteiger partial charge is 0.387 e. The van der Waals surface area contributed by atoms with E-state index in [1.165, 1.54) is 25.3 Å². The standard InChI is InChI=1S/C16H11ClF2N2O2/c1-22-14-8-10(7-12(17)15(14)23-16(18)19)6-11(9-20)13-4-2-3-5-21-13/h2-8,16H,1H3/b11-6+. The predicted molar refractivity (Wildman–Crippen MR) is 82.4 cm³/mol. The van der Waals surface area contributed by atoms with Gasteiger partial charge in [-0.1, -0.05) is 17.7 Å². The molecule has 0 saturated carbocycles. The van der Waals surface area contributed by atoms with Gasteiger partial charge in [-0.15, -0.1) is 0 Å². The van der Waals surface area contributed by atoms with E-state index in [1.54, 1.807) is 24.4 Å². The van der Waals surface area contributed by atoms with Gasteiger partial charge >= 0.3 is 6.61 Å². The molecule has 7 heteroatoms. The van der Waals surface area contributed by atoms with E-state index >= 15 is 0 Å². The minimum absolute atomic E-state index is 0.0439. The Kier molecular flexibility index (Phi) is 5.50. The highest BCUT2D eigenvalue weighted by atomic mass is 35.5. The Hall–Kier alpha value is -2.65. The van der Waals surface area contributed by atoms with Crippen molar-refractivity contribution < 1.29 is 18.3 Å². The SMILES string of the molecule is COc1cc(/C=C(\C#N)c2ccccn2)cc(Cl)c1OC(F)F. The summed E-state index contributed by atoms with van der Waals surface area (Å²) in [6.45, 7) is -3.02. The first kappa shape index (κ1) is 16.7. The molecule has 0 N–H and O–H groups in total. The molecule has 0 spiro atoms. The van der Waals surface area contributed by atoms with Crippen molar-refractivity contribution in [3.8, 4) is 17.6 Å². The van der Waals surface area contributed by atoms with Gasteiger partial charge in [0, 0.05) is 6.20 Å². The number of hydrogen-bond donors (Lipinski definition) is 0. The second-order valence-corrected chi connectivity index (χ2v) is 4.70. The molecule has 0 aliphatic heterocycles. The minimum atomic E-state index is -3.02. The molecule has 1 heterocycles. The number of alkyl halides is 2. The fourth-order valence-electron chi connectivity index (χ4n) is 1.88. The largest absolute Gasteiger partial charge is 0.493 e. The minimum Gasteiger partial charge on any atom is -0.493 e. The average molecular weight is 337 g/mol. The van der Waals surface area contributed by atoms with Gasteiger partial charge in [0.2, 0.25) is 0 Å². The summed E-state index contributed by atoms with van der Waals surface area (Å²) in [5.74, 6) is -0.208. The van der Waals surface area contributed by atoms with Crippen LogP contribution < -0.4 is 9.47 Å². The van der Waals surface area contributed by atoms with E-state index in [4.69, 9.17) is 16.3 Å². The summed E-state index contributed by atoms with van der Waals surface area (Å²) < 4.78 is 34.2. The number of hydrogen-bond acceptors (Lipinski definition) is 4. The first-order chi connectivity index (χ1) is 11.0. The first-order valence-electron chi connectivity index (χ1n) is 6.40. The van der Waals surface area contributed by atoms with Gasteiger partial charge in [0.15, 0.2) is 11.5 Å². The molecule has 0 bridgehead atoms. The molecular formula is C16H11ClF2N2O2. The third-order valence-electron chi connectivity index (χ3n) is 2.83. The Balaban J connectivity index is 2.46. The van der Waals surface area contributed by atoms with Gasteiger partial charge in [-0.2, -0.15) is 14.0 Å². The Morgan fingerprint density at radius 2 is 2.17 bits per heavy atom. The molecule has 0 atom stereocenters. The highest BCUT2D eigenvalue weighted by Crippen LogP contribution is 2.38. The van der Waals surface area contributed by atoms with Gasteiger partial charge in [-0.25, -0.2) is 0 Å². The van der Waals surface area contributed by atoms with Gasteiger partial charge in [0.25, 0.3) is 0 Å². The van der Waals surface area contributed by atoms with Crippen LogP contribution in [-0.2, 0) is 0 Å². The number of ether oxygens (including phenoxy) is 2. The highest BCUT2D eigenvalue weighted by molar-refractivity contribution is 6.32. The zero-order valence-electron chi connectivity index (χ0n) is 12.0. The lowest BCUT2D eigenvalue weighted by Crippen LogP contribution is -2.04. The van der Waals surface area contributed by atoms with Crippen LogP contribution in [0.25, 0.3) is 11.6 Å². The number of nitrogens with zero attached hydrogens (tertiary/aromatic N) is 2. The number of allylic oxidation sites excluding steroid dienone is 1. The molecule has 0 amide bonds. The normalized spacial score (nSPS) is 11.2. The lowest BCUT2D eigenvalue weighted by Gasteiger charge is -2.12. The van der Waals surface area contributed by atoms with E-state index in [2.05, 4.69) is 9.72 Å². The van der Waals surface area contributed by atoms with Crippen molar-refractivity contribution in [2.24, 2.45) is 0 Å². The number of halogens is 3. The van der Waals surface area contributed by atoms with Gasteiger partial charge in [0.05, 0.1) is 23.4 Å². The van der Waals surface area contributed by atoms with Crippen molar-refractivity contribution in [2.45, 2.75) is 6.61 Å². The van der Waals surface area contributed by atoms with Crippen molar-refractivity contribution in [3.63, 3.8) is 0 Å². The molecule has 0 aliphatic carbocycles. The van der Waals surface area contributed by atoms with Gasteiger partial charge < -0.3 is 9.47 Å². The molecule has 0 fully saturated rings. The number of benzene rings is 1. The molecule has 0 unspecified atom stereocenters. The number of methoxy groups -OCH3 is 1. The van der Waals surface area contributed by atoms with E-state index in [0.717, 1.165) is 0 Å². The maximum absolute atomic E-state index is 12.4. The van der Waals surface area contributed by atoms with Crippen LogP contribution in [0.3, 0.4) is 0 Å². The second-order valence-electron chi connectivity index (χ2n) is 4.30. The summed E-state index contributed by atoms with van der Waals surface area (Å²) in [7, 11) is 1.31. The van der Waals surface area contributed by atoms with Crippen molar-refractivity contribution in [1.82, 2.24) is 4.98 Å². The summed E-state index contributed by atoms with van der Waals surface area (Å²) in [4.78, 5) is 4.09. The quantitative estimate of drug-likeness (QED) is 0.759. The van der Waals surface area contributed by atoms with Crippen LogP contribution >= 0.6 is 11.6 Å². The van der Waals surface area contributed by atoms with Gasteiger partial charge in [0.1, 0.15) is 6.07 Å². The zero-order valence-corrected chi connectivity index (χ0v) is 12.7. The predicted octanol–water partition coefficient (Wildman–Crippen LogP) is 4.41. The molecule has 118 valence electrons. The number of rotatable bonds is 5. The summed E-state index contributed by atoms with van der Waals surface area (Å²) in [6.07, 6.45) is 3.09. The van der Waals surface area contributed by atoms with Crippen molar-refractivity contribution in [1.29, 1.82) is 5.26 Å². The monoisotopic (exact) mass is 336 g/mol. The maximum Gasteiger partial charge on any atom is 0.387 e. The van der Waals surface area contributed by atoms with E-state index < -0.39 is 6.61 Å². The summed E-state index contributed by atoms with van der Waals surface area (Å²) in [5, 5.41) is 9.22. The Morgan fingerprint density at radius 1 is 1.39 bits per heavy atom. The molecule has 1 aromatic heterocycles. The van der Waals surface area contributed by atoms with E-state index in [1.807, 2.05) is 6.07 Å². The molecule has 0 radical (unpaired) electrons. The third-order valence-corrected chi connectivity index (χ3v) is 3.11. The number of pyridine rings is 1. The molecule has 2 aromatic rings. The van der Waals surface area contributed by atoms with E-state index in [-0.39, 0.29) is 16.5 Å². The molecule has 23 heavy (non-hydrogen) atoms. The fourth-order valence-corrected chi connectivity index (χ4v) is 2.14. The van der Waals surface area contributed by atoms with Gasteiger partial charge in [-0.05, 0) is 35.9 Å². The Morgan fingerprint density at radius 3 is 2.74 bits per heavy atom. The molecular weight excluding hydrogens is 326 g/mol. The third kappa shape index (κ3) is 4.18. The van der Waals surface area contributed by atoms with Crippen molar-refractivity contribution in [2.75, 3.05) is 7.11 Å². The summed E-state index contributed by atoms with van der Waals surface area (Å²) in [6, 6.07) is 10.1. The second kappa shape index (κ2) is 7.56. The molecule has 1 aromatic carbocycles. The summed E-state index contributed by atoms with van der Waals surface area (Å²) in [5.41, 5.74) is 1.28. The summed E-state index contributed by atoms with van der Waals surface area (Å²) >= 11 is 5.96. The zero-order chi connectivity index (χ0) is 16.8. The Bertz CT molecular complexity index is 759. The first-order valence-corrected chi connectivity index (χ1v) is 6.78. The molecule has 0 saturated heterocycles. The van der Waals surface area contributed by atoms with Crippen LogP contribution in [0.4, 0.5) is 8.78 Å². The van der Waals surface area contributed by atoms with Crippen LogP contribution in [0.15, 0.2) is 36.5 Å². The Labute approximate surface area is 136 Å². The highest BCUT2D eigenvalue weighted by Gasteiger charge is 2.16. The van der Waals surface area contributed by atoms with Crippen LogP contribution in [0.5, 0.6) is 11.5 Å². The molecule has 4 nitrogen and oxygen atoms in total. The average Bonchev–Trinajstić information content (AvgIpc) is 2.55. The molecule has 2 rings (SSSR count). The van der Waals surface area contributed by atoms with Crippen LogP contribution in [0.1, 0.15) is 11.3 Å².